The Balaban J connectivity index is 2.23. The minimum atomic E-state index is 0.596. The first-order chi connectivity index (χ1) is 7.11. The van der Waals surface area contributed by atoms with Crippen LogP contribution in [0.3, 0.4) is 0 Å². The number of rotatable bonds is 5. The summed E-state index contributed by atoms with van der Waals surface area (Å²) in [6, 6.07) is 0.596. The van der Waals surface area contributed by atoms with Gasteiger partial charge in [0, 0.05) is 31.4 Å². The standard InChI is InChI=1S/C13H24N2/c1-5-12(4)14-13-6-8-15(9-7-13)10-11(2)3/h5,11,13-14H,1,4,6-10H2,2-3H3. The monoisotopic (exact) mass is 208 g/mol. The molecule has 0 radical (unpaired) electrons. The summed E-state index contributed by atoms with van der Waals surface area (Å²) in [6.45, 7) is 15.8. The van der Waals surface area contributed by atoms with Gasteiger partial charge in [-0.25, -0.2) is 0 Å². The normalized spacial score (nSPS) is 19.1. The molecule has 0 unspecified atom stereocenters. The molecule has 0 bridgehead atoms. The second-order valence-corrected chi connectivity index (χ2v) is 4.84. The van der Waals surface area contributed by atoms with Crippen LogP contribution in [0.1, 0.15) is 26.7 Å². The fourth-order valence-corrected chi connectivity index (χ4v) is 2.10. The first-order valence-corrected chi connectivity index (χ1v) is 5.92. The van der Waals surface area contributed by atoms with Crippen molar-refractivity contribution in [2.45, 2.75) is 32.7 Å². The molecule has 0 spiro atoms. The highest BCUT2D eigenvalue weighted by atomic mass is 15.1. The molecule has 0 aromatic heterocycles. The second kappa shape index (κ2) is 5.96. The van der Waals surface area contributed by atoms with Gasteiger partial charge in [-0.2, -0.15) is 0 Å². The van der Waals surface area contributed by atoms with Crippen LogP contribution < -0.4 is 5.32 Å². The molecule has 1 aliphatic rings. The van der Waals surface area contributed by atoms with Crippen LogP contribution in [0, 0.1) is 5.92 Å². The molecule has 0 aromatic carbocycles. The predicted molar refractivity (Wildman–Crippen MR) is 66.8 cm³/mol. The van der Waals surface area contributed by atoms with Crippen molar-refractivity contribution in [3.05, 3.63) is 24.9 Å². The minimum Gasteiger partial charge on any atom is -0.383 e. The Morgan fingerprint density at radius 2 is 2.07 bits per heavy atom. The number of nitrogens with zero attached hydrogens (tertiary/aromatic N) is 1. The van der Waals surface area contributed by atoms with Gasteiger partial charge < -0.3 is 10.2 Å². The van der Waals surface area contributed by atoms with Gasteiger partial charge in [0.2, 0.25) is 0 Å². The van der Waals surface area contributed by atoms with E-state index in [1.807, 2.05) is 0 Å². The molecule has 1 rings (SSSR count). The number of likely N-dealkylation sites (tertiary alicyclic amines) is 1. The van der Waals surface area contributed by atoms with Gasteiger partial charge in [-0.3, -0.25) is 0 Å². The van der Waals surface area contributed by atoms with E-state index in [-0.39, 0.29) is 0 Å². The highest BCUT2D eigenvalue weighted by Crippen LogP contribution is 2.12. The van der Waals surface area contributed by atoms with Gasteiger partial charge in [-0.15, -0.1) is 0 Å². The lowest BCUT2D eigenvalue weighted by molar-refractivity contribution is 0.184. The summed E-state index contributed by atoms with van der Waals surface area (Å²) in [5, 5.41) is 3.40. The van der Waals surface area contributed by atoms with Gasteiger partial charge in [-0.1, -0.05) is 27.0 Å². The van der Waals surface area contributed by atoms with Crippen molar-refractivity contribution < 1.29 is 0 Å². The van der Waals surface area contributed by atoms with Crippen molar-refractivity contribution in [2.75, 3.05) is 19.6 Å². The highest BCUT2D eigenvalue weighted by molar-refractivity contribution is 5.09. The van der Waals surface area contributed by atoms with Crippen molar-refractivity contribution >= 4 is 0 Å². The first kappa shape index (κ1) is 12.3. The zero-order valence-corrected chi connectivity index (χ0v) is 10.1. The number of allylic oxidation sites excluding steroid dienone is 1. The molecule has 1 fully saturated rings. The van der Waals surface area contributed by atoms with E-state index in [0.29, 0.717) is 6.04 Å². The molecule has 1 aliphatic heterocycles. The molecule has 1 heterocycles. The Labute approximate surface area is 94.0 Å². The third kappa shape index (κ3) is 4.52. The van der Waals surface area contributed by atoms with E-state index in [9.17, 15) is 0 Å². The lowest BCUT2D eigenvalue weighted by Gasteiger charge is -2.33. The van der Waals surface area contributed by atoms with Crippen molar-refractivity contribution in [3.8, 4) is 0 Å². The van der Waals surface area contributed by atoms with E-state index >= 15 is 0 Å². The molecule has 1 N–H and O–H groups in total. The molecule has 86 valence electrons. The SMILES string of the molecule is C=CC(=C)NC1CCN(CC(C)C)CC1. The molecule has 15 heavy (non-hydrogen) atoms. The molecular weight excluding hydrogens is 184 g/mol. The minimum absolute atomic E-state index is 0.596. The van der Waals surface area contributed by atoms with Crippen molar-refractivity contribution in [3.63, 3.8) is 0 Å². The van der Waals surface area contributed by atoms with E-state index in [1.54, 1.807) is 6.08 Å². The molecule has 0 aliphatic carbocycles. The molecular formula is C13H24N2. The predicted octanol–water partition coefficient (Wildman–Crippen LogP) is 2.40. The molecule has 0 aromatic rings. The molecule has 1 saturated heterocycles. The molecule has 0 saturated carbocycles. The van der Waals surface area contributed by atoms with Crippen molar-refractivity contribution in [1.29, 1.82) is 0 Å². The van der Waals surface area contributed by atoms with Crippen LogP contribution in [0.15, 0.2) is 24.9 Å². The average molecular weight is 208 g/mol. The lowest BCUT2D eigenvalue weighted by Crippen LogP contribution is -2.43. The number of piperidine rings is 1. The lowest BCUT2D eigenvalue weighted by atomic mass is 10.0. The molecule has 0 atom stereocenters. The Morgan fingerprint density at radius 3 is 2.53 bits per heavy atom. The van der Waals surface area contributed by atoms with Crippen molar-refractivity contribution in [2.24, 2.45) is 5.92 Å². The van der Waals surface area contributed by atoms with Crippen LogP contribution in [0.4, 0.5) is 0 Å². The van der Waals surface area contributed by atoms with Gasteiger partial charge in [0.15, 0.2) is 0 Å². The van der Waals surface area contributed by atoms with E-state index in [2.05, 4.69) is 37.2 Å². The molecule has 2 heteroatoms. The Morgan fingerprint density at radius 1 is 1.47 bits per heavy atom. The van der Waals surface area contributed by atoms with Gasteiger partial charge in [0.1, 0.15) is 0 Å². The number of hydrogen-bond acceptors (Lipinski definition) is 2. The fourth-order valence-electron chi connectivity index (χ4n) is 2.10. The quantitative estimate of drug-likeness (QED) is 0.698. The van der Waals surface area contributed by atoms with Crippen LogP contribution in [-0.4, -0.2) is 30.6 Å². The van der Waals surface area contributed by atoms with E-state index in [1.165, 1.54) is 32.5 Å². The summed E-state index contributed by atoms with van der Waals surface area (Å²) in [6.07, 6.45) is 4.24. The summed E-state index contributed by atoms with van der Waals surface area (Å²) < 4.78 is 0. The highest BCUT2D eigenvalue weighted by Gasteiger charge is 2.18. The number of hydrogen-bond donors (Lipinski definition) is 1. The maximum absolute atomic E-state index is 3.89. The average Bonchev–Trinajstić information content (AvgIpc) is 2.20. The van der Waals surface area contributed by atoms with E-state index < -0.39 is 0 Å². The van der Waals surface area contributed by atoms with Crippen LogP contribution in [0.5, 0.6) is 0 Å². The van der Waals surface area contributed by atoms with Crippen LogP contribution >= 0.6 is 0 Å². The maximum atomic E-state index is 3.89. The fraction of sp³-hybridized carbons (Fsp3) is 0.692. The smallest absolute Gasteiger partial charge is 0.0285 e. The van der Waals surface area contributed by atoms with Crippen molar-refractivity contribution in [1.82, 2.24) is 10.2 Å². The molecule has 2 nitrogen and oxygen atoms in total. The zero-order chi connectivity index (χ0) is 11.3. The van der Waals surface area contributed by atoms with E-state index in [0.717, 1.165) is 11.6 Å². The topological polar surface area (TPSA) is 15.3 Å². The Hall–Kier alpha value is -0.760. The first-order valence-electron chi connectivity index (χ1n) is 5.92. The second-order valence-electron chi connectivity index (χ2n) is 4.84. The summed E-state index contributed by atoms with van der Waals surface area (Å²) in [5.74, 6) is 0.776. The third-order valence-corrected chi connectivity index (χ3v) is 2.85. The zero-order valence-electron chi connectivity index (χ0n) is 10.1. The van der Waals surface area contributed by atoms with E-state index in [4.69, 9.17) is 0 Å². The van der Waals surface area contributed by atoms with Crippen LogP contribution in [-0.2, 0) is 0 Å². The van der Waals surface area contributed by atoms with Crippen LogP contribution in [0.2, 0.25) is 0 Å². The van der Waals surface area contributed by atoms with Gasteiger partial charge >= 0.3 is 0 Å². The Kier molecular flexibility index (Phi) is 4.89. The third-order valence-electron chi connectivity index (χ3n) is 2.85. The summed E-state index contributed by atoms with van der Waals surface area (Å²) in [4.78, 5) is 2.56. The molecule has 0 amide bonds. The van der Waals surface area contributed by atoms with Gasteiger partial charge in [0.25, 0.3) is 0 Å². The maximum Gasteiger partial charge on any atom is 0.0285 e. The van der Waals surface area contributed by atoms with Crippen LogP contribution in [0.25, 0.3) is 0 Å². The van der Waals surface area contributed by atoms with Gasteiger partial charge in [-0.05, 0) is 24.8 Å². The summed E-state index contributed by atoms with van der Waals surface area (Å²) in [7, 11) is 0. The Bertz CT molecular complexity index is 213. The number of nitrogens with one attached hydrogen (secondary N) is 1. The largest absolute Gasteiger partial charge is 0.383 e. The summed E-state index contributed by atoms with van der Waals surface area (Å²) in [5.41, 5.74) is 0.956. The summed E-state index contributed by atoms with van der Waals surface area (Å²) >= 11 is 0. The van der Waals surface area contributed by atoms with Gasteiger partial charge in [0.05, 0.1) is 0 Å².